The molecule has 0 aromatic carbocycles. The third-order valence-electron chi connectivity index (χ3n) is 3.58. The van der Waals surface area contributed by atoms with Gasteiger partial charge in [-0.15, -0.1) is 0 Å². The molecule has 0 unspecified atom stereocenters. The standard InChI is InChI=1S/C15H16ClN7O7S/c1-7-6-29-21-12(30-7)10-11(16)20-23(2)13(10)31(25,26)22-15(24)19-14-17-8(27-3)5-9(18-14)28-4/h5H,1,6H2,2-4H3,(H2,17,18,19,22,24). The molecule has 0 atom stereocenters. The van der Waals surface area contributed by atoms with Crippen LogP contribution in [0.4, 0.5) is 10.7 Å². The molecular formula is C15H16ClN7O7S. The van der Waals surface area contributed by atoms with Crippen molar-refractivity contribution >= 4 is 39.5 Å². The summed E-state index contributed by atoms with van der Waals surface area (Å²) in [7, 11) is -0.535. The Labute approximate surface area is 180 Å². The van der Waals surface area contributed by atoms with Gasteiger partial charge in [0.05, 0.1) is 20.3 Å². The van der Waals surface area contributed by atoms with Gasteiger partial charge in [-0.25, -0.2) is 9.52 Å². The van der Waals surface area contributed by atoms with E-state index in [1.807, 2.05) is 4.72 Å². The van der Waals surface area contributed by atoms with E-state index in [9.17, 15) is 13.2 Å². The van der Waals surface area contributed by atoms with Gasteiger partial charge in [0.1, 0.15) is 11.3 Å². The number of urea groups is 1. The van der Waals surface area contributed by atoms with E-state index in [-0.39, 0.29) is 46.7 Å². The van der Waals surface area contributed by atoms with Gasteiger partial charge >= 0.3 is 6.03 Å². The number of oxime groups is 1. The molecule has 2 amide bonds. The number of aromatic nitrogens is 4. The minimum absolute atomic E-state index is 0.0197. The van der Waals surface area contributed by atoms with Gasteiger partial charge in [-0.2, -0.15) is 23.5 Å². The molecule has 0 spiro atoms. The highest BCUT2D eigenvalue weighted by Crippen LogP contribution is 2.26. The van der Waals surface area contributed by atoms with Crippen molar-refractivity contribution in [3.05, 3.63) is 29.1 Å². The second kappa shape index (κ2) is 8.65. The Balaban J connectivity index is 1.89. The van der Waals surface area contributed by atoms with Crippen LogP contribution in [0.2, 0.25) is 5.15 Å². The fraction of sp³-hybridized carbons (Fsp3) is 0.267. The maximum atomic E-state index is 12.9. The zero-order valence-corrected chi connectivity index (χ0v) is 17.9. The molecule has 2 aromatic rings. The van der Waals surface area contributed by atoms with Crippen LogP contribution in [0.3, 0.4) is 0 Å². The van der Waals surface area contributed by atoms with E-state index in [0.717, 1.165) is 4.68 Å². The second-order valence-corrected chi connectivity index (χ2v) is 7.70. The average molecular weight is 474 g/mol. The van der Waals surface area contributed by atoms with Crippen LogP contribution in [-0.2, 0) is 26.6 Å². The minimum Gasteiger partial charge on any atom is -0.481 e. The molecule has 166 valence electrons. The molecule has 1 aliphatic heterocycles. The molecule has 0 fully saturated rings. The minimum atomic E-state index is -4.53. The van der Waals surface area contributed by atoms with Gasteiger partial charge in [0.15, 0.2) is 16.8 Å². The molecule has 31 heavy (non-hydrogen) atoms. The zero-order chi connectivity index (χ0) is 22.8. The van der Waals surface area contributed by atoms with E-state index in [0.29, 0.717) is 0 Å². The largest absolute Gasteiger partial charge is 0.481 e. The quantitative estimate of drug-likeness (QED) is 0.606. The van der Waals surface area contributed by atoms with E-state index >= 15 is 0 Å². The first-order chi connectivity index (χ1) is 14.6. The van der Waals surface area contributed by atoms with Gasteiger partial charge in [0.25, 0.3) is 15.9 Å². The van der Waals surface area contributed by atoms with Gasteiger partial charge in [-0.1, -0.05) is 18.2 Å². The predicted molar refractivity (Wildman–Crippen MR) is 105 cm³/mol. The van der Waals surface area contributed by atoms with Crippen molar-refractivity contribution in [3.8, 4) is 11.8 Å². The van der Waals surface area contributed by atoms with Crippen molar-refractivity contribution in [3.63, 3.8) is 0 Å². The van der Waals surface area contributed by atoms with Gasteiger partial charge in [0.2, 0.25) is 17.7 Å². The second-order valence-electron chi connectivity index (χ2n) is 5.74. The van der Waals surface area contributed by atoms with Crippen LogP contribution >= 0.6 is 11.6 Å². The van der Waals surface area contributed by atoms with Crippen molar-refractivity contribution in [2.45, 2.75) is 5.03 Å². The molecule has 14 nitrogen and oxygen atoms in total. The highest BCUT2D eigenvalue weighted by molar-refractivity contribution is 7.90. The normalized spacial score (nSPS) is 13.5. The molecule has 3 rings (SSSR count). The maximum Gasteiger partial charge on any atom is 0.335 e. The first kappa shape index (κ1) is 22.1. The number of carbonyl (C=O) groups excluding carboxylic acids is 1. The molecule has 2 N–H and O–H groups in total. The lowest BCUT2D eigenvalue weighted by Gasteiger charge is -2.16. The number of aryl methyl sites for hydroxylation is 1. The van der Waals surface area contributed by atoms with E-state index in [1.54, 1.807) is 0 Å². The number of rotatable bonds is 6. The Morgan fingerprint density at radius 1 is 1.29 bits per heavy atom. The van der Waals surface area contributed by atoms with Crippen LogP contribution < -0.4 is 19.5 Å². The van der Waals surface area contributed by atoms with E-state index in [4.69, 9.17) is 30.6 Å². The summed E-state index contributed by atoms with van der Waals surface area (Å²) < 4.78 is 43.8. The summed E-state index contributed by atoms with van der Waals surface area (Å²) in [5.41, 5.74) is -0.218. The number of amides is 2. The summed E-state index contributed by atoms with van der Waals surface area (Å²) in [6.45, 7) is 3.56. The Bertz CT molecular complexity index is 1160. The first-order valence-electron chi connectivity index (χ1n) is 8.24. The maximum absolute atomic E-state index is 12.9. The highest BCUT2D eigenvalue weighted by atomic mass is 35.5. The van der Waals surface area contributed by atoms with Crippen molar-refractivity contribution < 1.29 is 32.3 Å². The molecule has 3 heterocycles. The summed E-state index contributed by atoms with van der Waals surface area (Å²) in [5.74, 6) is -0.215. The number of anilines is 1. The molecule has 0 bridgehead atoms. The number of ether oxygens (including phenoxy) is 3. The number of sulfonamides is 1. The first-order valence-corrected chi connectivity index (χ1v) is 10.1. The fourth-order valence-electron chi connectivity index (χ4n) is 2.38. The van der Waals surface area contributed by atoms with Crippen molar-refractivity contribution in [1.29, 1.82) is 0 Å². The van der Waals surface area contributed by atoms with Crippen molar-refractivity contribution in [2.24, 2.45) is 12.2 Å². The fourth-order valence-corrected chi connectivity index (χ4v) is 3.95. The van der Waals surface area contributed by atoms with E-state index in [1.165, 1.54) is 27.3 Å². The Hall–Kier alpha value is -3.59. The van der Waals surface area contributed by atoms with Crippen molar-refractivity contribution in [1.82, 2.24) is 24.5 Å². The SMILES string of the molecule is C=C1CON=C(c2c(Cl)nn(C)c2S(=O)(=O)NC(=O)Nc2nc(OC)cc(OC)n2)O1. The molecular weight excluding hydrogens is 458 g/mol. The third kappa shape index (κ3) is 4.77. The van der Waals surface area contributed by atoms with Crippen LogP contribution in [0.1, 0.15) is 5.56 Å². The smallest absolute Gasteiger partial charge is 0.335 e. The number of hydrogen-bond acceptors (Lipinski definition) is 11. The number of nitrogens with one attached hydrogen (secondary N) is 2. The van der Waals surface area contributed by atoms with Crippen LogP contribution in [0.25, 0.3) is 0 Å². The molecule has 0 saturated heterocycles. The van der Waals surface area contributed by atoms with Gasteiger partial charge in [-0.05, 0) is 5.16 Å². The molecule has 16 heteroatoms. The van der Waals surface area contributed by atoms with Gasteiger partial charge in [-0.3, -0.25) is 10.00 Å². The lowest BCUT2D eigenvalue weighted by molar-refractivity contribution is 0.106. The molecule has 1 aliphatic rings. The summed E-state index contributed by atoms with van der Waals surface area (Å²) in [5, 5.41) is 8.90. The van der Waals surface area contributed by atoms with Crippen LogP contribution in [-0.4, -0.2) is 60.9 Å². The number of methoxy groups -OCH3 is 2. The Morgan fingerprint density at radius 2 is 1.94 bits per heavy atom. The van der Waals surface area contributed by atoms with E-state index < -0.39 is 21.1 Å². The lowest BCUT2D eigenvalue weighted by atomic mass is 10.3. The molecule has 0 saturated carbocycles. The predicted octanol–water partition coefficient (Wildman–Crippen LogP) is 0.613. The highest BCUT2D eigenvalue weighted by Gasteiger charge is 2.34. The molecule has 2 aromatic heterocycles. The van der Waals surface area contributed by atoms with Gasteiger partial charge < -0.3 is 19.0 Å². The number of nitrogens with zero attached hydrogens (tertiary/aromatic N) is 5. The average Bonchev–Trinajstić information content (AvgIpc) is 3.01. The third-order valence-corrected chi connectivity index (χ3v) is 5.28. The van der Waals surface area contributed by atoms with Gasteiger partial charge in [0, 0.05) is 7.05 Å². The monoisotopic (exact) mass is 473 g/mol. The Kier molecular flexibility index (Phi) is 6.16. The van der Waals surface area contributed by atoms with Crippen molar-refractivity contribution in [2.75, 3.05) is 26.1 Å². The zero-order valence-electron chi connectivity index (χ0n) is 16.4. The van der Waals surface area contributed by atoms with Crippen LogP contribution in [0.15, 0.2) is 28.6 Å². The number of halogens is 1. The topological polar surface area (TPSA) is 168 Å². The summed E-state index contributed by atoms with van der Waals surface area (Å²) in [6, 6.07) is 0.190. The number of hydrogen-bond donors (Lipinski definition) is 2. The lowest BCUT2D eigenvalue weighted by Crippen LogP contribution is -2.36. The number of carbonyl (C=O) groups is 1. The van der Waals surface area contributed by atoms with Crippen LogP contribution in [0.5, 0.6) is 11.8 Å². The molecule has 0 radical (unpaired) electrons. The van der Waals surface area contributed by atoms with E-state index in [2.05, 4.69) is 32.1 Å². The Morgan fingerprint density at radius 3 is 2.52 bits per heavy atom. The summed E-state index contributed by atoms with van der Waals surface area (Å²) >= 11 is 6.05. The van der Waals surface area contributed by atoms with Crippen LogP contribution in [0, 0.1) is 0 Å². The molecule has 0 aliphatic carbocycles. The summed E-state index contributed by atoms with van der Waals surface area (Å²) in [4.78, 5) is 25.0. The summed E-state index contributed by atoms with van der Waals surface area (Å²) in [6.07, 6.45) is 0.